The molecule has 27 heavy (non-hydrogen) atoms. The maximum absolute atomic E-state index is 14.4. The van der Waals surface area contributed by atoms with Crippen molar-refractivity contribution in [2.24, 2.45) is 0 Å². The third-order valence-electron chi connectivity index (χ3n) is 5.12. The van der Waals surface area contributed by atoms with E-state index in [-0.39, 0.29) is 11.5 Å². The van der Waals surface area contributed by atoms with E-state index in [0.29, 0.717) is 17.7 Å². The summed E-state index contributed by atoms with van der Waals surface area (Å²) in [4.78, 5) is 0. The molecule has 1 saturated carbocycles. The van der Waals surface area contributed by atoms with E-state index in [9.17, 15) is 22.0 Å². The Morgan fingerprint density at radius 3 is 2.04 bits per heavy atom. The molecule has 3 rings (SSSR count). The summed E-state index contributed by atoms with van der Waals surface area (Å²) in [6.45, 7) is 3.25. The molecule has 0 heterocycles. The highest BCUT2D eigenvalue weighted by Gasteiger charge is 2.38. The lowest BCUT2D eigenvalue weighted by Crippen LogP contribution is -2.24. The second-order valence-electron chi connectivity index (χ2n) is 7.10. The first-order valence-electron chi connectivity index (χ1n) is 8.81. The quantitative estimate of drug-likeness (QED) is 0.528. The summed E-state index contributed by atoms with van der Waals surface area (Å²) in [7, 11) is 0. The van der Waals surface area contributed by atoms with Gasteiger partial charge in [0.1, 0.15) is 23.2 Å². The van der Waals surface area contributed by atoms with E-state index < -0.39 is 34.9 Å². The molecular formula is C21H20F5O. The van der Waals surface area contributed by atoms with E-state index in [1.54, 1.807) is 0 Å². The van der Waals surface area contributed by atoms with Gasteiger partial charge in [0.15, 0.2) is 0 Å². The number of hydrogen-bond donors (Lipinski definition) is 0. The van der Waals surface area contributed by atoms with Crippen LogP contribution in [-0.2, 0) is 6.11 Å². The standard InChI is InChI=1S/C21H20F5O/c1-12-3-5-14(6-4-12)15-7-8-17(20(24)9-15)21(25,26)27-16-10-18(22)13(2)19(23)11-16/h7-11,14H,3-6H2,1-2H3. The zero-order valence-electron chi connectivity index (χ0n) is 15.1. The number of benzene rings is 2. The van der Waals surface area contributed by atoms with E-state index in [1.165, 1.54) is 18.9 Å². The fourth-order valence-corrected chi connectivity index (χ4v) is 3.35. The Morgan fingerprint density at radius 2 is 1.48 bits per heavy atom. The van der Waals surface area contributed by atoms with Crippen molar-refractivity contribution >= 4 is 0 Å². The molecule has 6 heteroatoms. The highest BCUT2D eigenvalue weighted by atomic mass is 19.3. The van der Waals surface area contributed by atoms with Crippen molar-refractivity contribution in [3.05, 3.63) is 70.4 Å². The summed E-state index contributed by atoms with van der Waals surface area (Å²) < 4.78 is 74.7. The van der Waals surface area contributed by atoms with Crippen LogP contribution in [0.2, 0.25) is 0 Å². The van der Waals surface area contributed by atoms with Crippen LogP contribution < -0.4 is 4.74 Å². The Kier molecular flexibility index (Phi) is 5.45. The normalized spacial score (nSPS) is 16.6. The summed E-state index contributed by atoms with van der Waals surface area (Å²) in [5, 5.41) is 0. The fraction of sp³-hybridized carbons (Fsp3) is 0.381. The Labute approximate surface area is 155 Å². The third-order valence-corrected chi connectivity index (χ3v) is 5.12. The summed E-state index contributed by atoms with van der Waals surface area (Å²) in [5.41, 5.74) is -0.598. The molecule has 0 atom stereocenters. The Bertz CT molecular complexity index is 802. The highest BCUT2D eigenvalue weighted by Crippen LogP contribution is 2.39. The van der Waals surface area contributed by atoms with Gasteiger partial charge in [0, 0.05) is 17.7 Å². The van der Waals surface area contributed by atoms with E-state index in [2.05, 4.69) is 11.7 Å². The minimum atomic E-state index is -4.06. The van der Waals surface area contributed by atoms with Crippen LogP contribution >= 0.6 is 0 Å². The molecule has 1 aliphatic rings. The molecule has 1 nitrogen and oxygen atoms in total. The van der Waals surface area contributed by atoms with Gasteiger partial charge in [0.25, 0.3) is 0 Å². The van der Waals surface area contributed by atoms with E-state index in [4.69, 9.17) is 0 Å². The maximum Gasteiger partial charge on any atom is 0.429 e. The Morgan fingerprint density at radius 1 is 0.889 bits per heavy atom. The molecule has 0 aromatic heterocycles. The van der Waals surface area contributed by atoms with Crippen molar-refractivity contribution in [3.8, 4) is 5.75 Å². The number of ether oxygens (including phenoxy) is 1. The molecular weight excluding hydrogens is 363 g/mol. The van der Waals surface area contributed by atoms with Gasteiger partial charge in [-0.2, -0.15) is 8.78 Å². The lowest BCUT2D eigenvalue weighted by Gasteiger charge is -2.27. The average molecular weight is 383 g/mol. The van der Waals surface area contributed by atoms with Gasteiger partial charge in [0.2, 0.25) is 0 Å². The van der Waals surface area contributed by atoms with Crippen molar-refractivity contribution in [2.75, 3.05) is 0 Å². The van der Waals surface area contributed by atoms with Crippen molar-refractivity contribution < 1.29 is 26.7 Å². The van der Waals surface area contributed by atoms with Crippen LogP contribution in [0.5, 0.6) is 5.75 Å². The van der Waals surface area contributed by atoms with Crippen LogP contribution in [0.1, 0.15) is 55.2 Å². The van der Waals surface area contributed by atoms with E-state index >= 15 is 0 Å². The van der Waals surface area contributed by atoms with Gasteiger partial charge < -0.3 is 4.74 Å². The molecule has 0 aliphatic heterocycles. The maximum atomic E-state index is 14.4. The second-order valence-corrected chi connectivity index (χ2v) is 7.10. The number of halogens is 5. The predicted molar refractivity (Wildman–Crippen MR) is 92.1 cm³/mol. The zero-order chi connectivity index (χ0) is 19.8. The van der Waals surface area contributed by atoms with Crippen LogP contribution in [0.15, 0.2) is 30.3 Å². The molecule has 145 valence electrons. The smallest absolute Gasteiger partial charge is 0.429 e. The van der Waals surface area contributed by atoms with Gasteiger partial charge in [0.05, 0.1) is 5.56 Å². The van der Waals surface area contributed by atoms with E-state index in [1.807, 2.05) is 0 Å². The summed E-state index contributed by atoms with van der Waals surface area (Å²) in [6.07, 6.45) is -0.456. The second kappa shape index (κ2) is 7.49. The lowest BCUT2D eigenvalue weighted by atomic mass is 9.79. The zero-order valence-corrected chi connectivity index (χ0v) is 15.1. The van der Waals surface area contributed by atoms with Crippen LogP contribution in [0.4, 0.5) is 22.0 Å². The minimum Gasteiger partial charge on any atom is -0.429 e. The first-order chi connectivity index (χ1) is 12.7. The van der Waals surface area contributed by atoms with Crippen LogP contribution in [0, 0.1) is 30.3 Å². The van der Waals surface area contributed by atoms with Crippen LogP contribution in [0.25, 0.3) is 0 Å². The van der Waals surface area contributed by atoms with Gasteiger partial charge in [-0.25, -0.2) is 13.2 Å². The number of rotatable bonds is 4. The number of alkyl halides is 2. The molecule has 0 spiro atoms. The topological polar surface area (TPSA) is 9.23 Å². The highest BCUT2D eigenvalue weighted by molar-refractivity contribution is 5.33. The molecule has 1 aliphatic carbocycles. The molecule has 2 aromatic rings. The SMILES string of the molecule is C[C]1CCC(c2ccc(C(F)(F)Oc3cc(F)c(C)c(F)c3)c(F)c2)CC1. The van der Waals surface area contributed by atoms with Gasteiger partial charge in [-0.3, -0.25) is 0 Å². The van der Waals surface area contributed by atoms with Crippen molar-refractivity contribution in [1.29, 1.82) is 0 Å². The molecule has 0 unspecified atom stereocenters. The molecule has 2 aromatic carbocycles. The van der Waals surface area contributed by atoms with Crippen molar-refractivity contribution in [2.45, 2.75) is 51.6 Å². The van der Waals surface area contributed by atoms with Crippen molar-refractivity contribution in [3.63, 3.8) is 0 Å². The molecule has 0 N–H and O–H groups in total. The average Bonchev–Trinajstić information content (AvgIpc) is 2.59. The van der Waals surface area contributed by atoms with Crippen LogP contribution in [0.3, 0.4) is 0 Å². The largest absolute Gasteiger partial charge is 0.429 e. The third kappa shape index (κ3) is 4.25. The molecule has 1 fully saturated rings. The monoisotopic (exact) mass is 383 g/mol. The minimum absolute atomic E-state index is 0.132. The fourth-order valence-electron chi connectivity index (χ4n) is 3.35. The molecule has 1 radical (unpaired) electrons. The van der Waals surface area contributed by atoms with Gasteiger partial charge in [-0.1, -0.05) is 13.0 Å². The molecule has 0 bridgehead atoms. The van der Waals surface area contributed by atoms with Gasteiger partial charge in [-0.05, 0) is 62.1 Å². The lowest BCUT2D eigenvalue weighted by molar-refractivity contribution is -0.187. The van der Waals surface area contributed by atoms with E-state index in [0.717, 1.165) is 37.8 Å². The first kappa shape index (κ1) is 19.6. The first-order valence-corrected chi connectivity index (χ1v) is 8.81. The van der Waals surface area contributed by atoms with Crippen LogP contribution in [-0.4, -0.2) is 0 Å². The summed E-state index contributed by atoms with van der Waals surface area (Å²) in [6, 6.07) is 4.86. The molecule has 0 amide bonds. The summed E-state index contributed by atoms with van der Waals surface area (Å²) >= 11 is 0. The van der Waals surface area contributed by atoms with Gasteiger partial charge in [-0.15, -0.1) is 0 Å². The number of hydrogen-bond acceptors (Lipinski definition) is 1. The van der Waals surface area contributed by atoms with Gasteiger partial charge >= 0.3 is 6.11 Å². The predicted octanol–water partition coefficient (Wildman–Crippen LogP) is 6.79. The Balaban J connectivity index is 1.82. The summed E-state index contributed by atoms with van der Waals surface area (Å²) in [5.74, 6) is -2.31. The Hall–Kier alpha value is -2.11. The van der Waals surface area contributed by atoms with Crippen molar-refractivity contribution in [1.82, 2.24) is 0 Å². The molecule has 0 saturated heterocycles.